The summed E-state index contributed by atoms with van der Waals surface area (Å²) in [6, 6.07) is 4.22. The molecule has 17 heavy (non-hydrogen) atoms. The zero-order valence-corrected chi connectivity index (χ0v) is 9.63. The average molecular weight is 238 g/mol. The predicted molar refractivity (Wildman–Crippen MR) is 62.3 cm³/mol. The highest BCUT2D eigenvalue weighted by atomic mass is 19.1. The molecule has 2 rings (SSSR count). The van der Waals surface area contributed by atoms with Gasteiger partial charge in [-0.15, -0.1) is 0 Å². The lowest BCUT2D eigenvalue weighted by molar-refractivity contribution is -0.120. The second-order valence-electron chi connectivity index (χ2n) is 4.28. The number of hydrogen-bond acceptors (Lipinski definition) is 3. The van der Waals surface area contributed by atoms with E-state index in [0.29, 0.717) is 12.3 Å². The summed E-state index contributed by atoms with van der Waals surface area (Å²) in [7, 11) is 1.49. The van der Waals surface area contributed by atoms with Crippen LogP contribution in [0.1, 0.15) is 12.8 Å². The molecule has 0 atom stereocenters. The number of carbonyl (C=O) groups is 1. The Kier molecular flexibility index (Phi) is 3.02. The molecule has 0 saturated heterocycles. The van der Waals surface area contributed by atoms with Crippen LogP contribution >= 0.6 is 0 Å². The lowest BCUT2D eigenvalue weighted by Gasteiger charge is -2.13. The number of nitrogens with two attached hydrogens (primary N) is 1. The fraction of sp³-hybridized carbons (Fsp3) is 0.417. The number of nitrogens with one attached hydrogen (secondary N) is 1. The van der Waals surface area contributed by atoms with Crippen LogP contribution in [0.2, 0.25) is 0 Å². The van der Waals surface area contributed by atoms with Crippen LogP contribution < -0.4 is 15.8 Å². The van der Waals surface area contributed by atoms with Crippen LogP contribution in [0.3, 0.4) is 0 Å². The molecule has 1 saturated carbocycles. The molecule has 1 aromatic carbocycles. The quantitative estimate of drug-likeness (QED) is 0.835. The Labute approximate surface area is 98.9 Å². The van der Waals surface area contributed by atoms with Gasteiger partial charge in [0, 0.05) is 12.6 Å². The number of ether oxygens (including phenoxy) is 1. The third-order valence-corrected chi connectivity index (χ3v) is 3.15. The van der Waals surface area contributed by atoms with E-state index in [1.165, 1.54) is 25.3 Å². The molecule has 3 N–H and O–H groups in total. The van der Waals surface area contributed by atoms with Gasteiger partial charge in [0.2, 0.25) is 5.91 Å². The van der Waals surface area contributed by atoms with Crippen molar-refractivity contribution in [3.8, 4) is 5.75 Å². The van der Waals surface area contributed by atoms with Gasteiger partial charge < -0.3 is 15.8 Å². The fourth-order valence-electron chi connectivity index (χ4n) is 1.66. The summed E-state index contributed by atoms with van der Waals surface area (Å²) < 4.78 is 18.5. The van der Waals surface area contributed by atoms with Gasteiger partial charge in [-0.1, -0.05) is 0 Å². The Morgan fingerprint density at radius 1 is 1.59 bits per heavy atom. The zero-order chi connectivity index (χ0) is 12.5. The van der Waals surface area contributed by atoms with Crippen LogP contribution in [0, 0.1) is 11.2 Å². The zero-order valence-electron chi connectivity index (χ0n) is 9.63. The van der Waals surface area contributed by atoms with Crippen molar-refractivity contribution in [2.45, 2.75) is 12.8 Å². The van der Waals surface area contributed by atoms with Gasteiger partial charge in [0.25, 0.3) is 0 Å². The van der Waals surface area contributed by atoms with Crippen molar-refractivity contribution >= 4 is 11.6 Å². The lowest BCUT2D eigenvalue weighted by atomic mass is 10.1. The Hall–Kier alpha value is -1.62. The summed E-state index contributed by atoms with van der Waals surface area (Å²) >= 11 is 0. The van der Waals surface area contributed by atoms with Crippen LogP contribution in [-0.4, -0.2) is 19.6 Å². The molecule has 0 spiro atoms. The van der Waals surface area contributed by atoms with Crippen molar-refractivity contribution in [2.24, 2.45) is 11.1 Å². The molecule has 1 aromatic rings. The summed E-state index contributed by atoms with van der Waals surface area (Å²) in [4.78, 5) is 11.9. The standard InChI is InChI=1S/C12H15FN2O2/c1-17-8-2-3-9(13)10(6-8)15-11(16)12(7-14)4-5-12/h2-3,6H,4-5,7,14H2,1H3,(H,15,16). The molecule has 0 bridgehead atoms. The Balaban J connectivity index is 2.15. The van der Waals surface area contributed by atoms with Gasteiger partial charge in [0.1, 0.15) is 11.6 Å². The summed E-state index contributed by atoms with van der Waals surface area (Å²) in [5.41, 5.74) is 5.18. The van der Waals surface area contributed by atoms with Gasteiger partial charge in [-0.25, -0.2) is 4.39 Å². The topological polar surface area (TPSA) is 64.3 Å². The van der Waals surface area contributed by atoms with Gasteiger partial charge in [-0.3, -0.25) is 4.79 Å². The van der Waals surface area contributed by atoms with Crippen molar-refractivity contribution in [1.82, 2.24) is 0 Å². The van der Waals surface area contributed by atoms with Crippen LogP contribution in [0.4, 0.5) is 10.1 Å². The van der Waals surface area contributed by atoms with E-state index in [4.69, 9.17) is 10.5 Å². The first-order valence-electron chi connectivity index (χ1n) is 5.46. The molecule has 0 heterocycles. The maximum absolute atomic E-state index is 13.5. The average Bonchev–Trinajstić information content (AvgIpc) is 3.13. The van der Waals surface area contributed by atoms with Crippen LogP contribution in [0.5, 0.6) is 5.75 Å². The Morgan fingerprint density at radius 2 is 2.29 bits per heavy atom. The van der Waals surface area contributed by atoms with Gasteiger partial charge in [0.05, 0.1) is 18.2 Å². The number of rotatable bonds is 4. The number of methoxy groups -OCH3 is 1. The Bertz CT molecular complexity index is 444. The highest BCUT2D eigenvalue weighted by Gasteiger charge is 2.48. The molecule has 5 heteroatoms. The van der Waals surface area contributed by atoms with Crippen molar-refractivity contribution in [3.05, 3.63) is 24.0 Å². The van der Waals surface area contributed by atoms with Gasteiger partial charge in [0.15, 0.2) is 0 Å². The second kappa shape index (κ2) is 4.33. The van der Waals surface area contributed by atoms with Crippen molar-refractivity contribution in [1.29, 1.82) is 0 Å². The number of benzene rings is 1. The molecular formula is C12H15FN2O2. The van der Waals surface area contributed by atoms with Gasteiger partial charge in [-0.2, -0.15) is 0 Å². The first kappa shape index (κ1) is 11.9. The monoisotopic (exact) mass is 238 g/mol. The van der Waals surface area contributed by atoms with Crippen LogP contribution in [-0.2, 0) is 4.79 Å². The summed E-state index contributed by atoms with van der Waals surface area (Å²) in [5, 5.41) is 2.56. The molecule has 0 aromatic heterocycles. The van der Waals surface area contributed by atoms with Gasteiger partial charge >= 0.3 is 0 Å². The van der Waals surface area contributed by atoms with Crippen LogP contribution in [0.15, 0.2) is 18.2 Å². The third kappa shape index (κ3) is 2.24. The largest absolute Gasteiger partial charge is 0.497 e. The van der Waals surface area contributed by atoms with E-state index in [9.17, 15) is 9.18 Å². The maximum atomic E-state index is 13.5. The smallest absolute Gasteiger partial charge is 0.231 e. The number of halogens is 1. The maximum Gasteiger partial charge on any atom is 0.231 e. The normalized spacial score (nSPS) is 16.4. The number of amides is 1. The van der Waals surface area contributed by atoms with Crippen LogP contribution in [0.25, 0.3) is 0 Å². The molecule has 4 nitrogen and oxygen atoms in total. The summed E-state index contributed by atoms with van der Waals surface area (Å²) in [6.45, 7) is 0.296. The minimum Gasteiger partial charge on any atom is -0.497 e. The van der Waals surface area contributed by atoms with Crippen molar-refractivity contribution in [3.63, 3.8) is 0 Å². The molecule has 1 aliphatic rings. The third-order valence-electron chi connectivity index (χ3n) is 3.15. The molecule has 0 unspecified atom stereocenters. The summed E-state index contributed by atoms with van der Waals surface area (Å²) in [6.07, 6.45) is 1.53. The van der Waals surface area contributed by atoms with E-state index in [0.717, 1.165) is 12.8 Å². The predicted octanol–water partition coefficient (Wildman–Crippen LogP) is 1.51. The van der Waals surface area contributed by atoms with E-state index in [2.05, 4.69) is 5.32 Å². The van der Waals surface area contributed by atoms with E-state index in [1.807, 2.05) is 0 Å². The number of anilines is 1. The molecule has 1 aliphatic carbocycles. The highest BCUT2D eigenvalue weighted by molar-refractivity contribution is 5.97. The molecule has 1 amide bonds. The molecule has 0 radical (unpaired) electrons. The fourth-order valence-corrected chi connectivity index (χ4v) is 1.66. The molecular weight excluding hydrogens is 223 g/mol. The number of hydrogen-bond donors (Lipinski definition) is 2. The first-order valence-corrected chi connectivity index (χ1v) is 5.46. The van der Waals surface area contributed by atoms with E-state index in [1.54, 1.807) is 0 Å². The van der Waals surface area contributed by atoms with Gasteiger partial charge in [-0.05, 0) is 25.0 Å². The molecule has 0 aliphatic heterocycles. The molecule has 92 valence electrons. The highest BCUT2D eigenvalue weighted by Crippen LogP contribution is 2.45. The van der Waals surface area contributed by atoms with E-state index >= 15 is 0 Å². The number of carbonyl (C=O) groups excluding carboxylic acids is 1. The SMILES string of the molecule is COc1ccc(F)c(NC(=O)C2(CN)CC2)c1. The minimum atomic E-state index is -0.491. The lowest BCUT2D eigenvalue weighted by Crippen LogP contribution is -2.31. The minimum absolute atomic E-state index is 0.133. The van der Waals surface area contributed by atoms with Crippen molar-refractivity contribution in [2.75, 3.05) is 19.0 Å². The van der Waals surface area contributed by atoms with E-state index < -0.39 is 11.2 Å². The second-order valence-corrected chi connectivity index (χ2v) is 4.28. The first-order chi connectivity index (χ1) is 8.11. The molecule has 1 fully saturated rings. The van der Waals surface area contributed by atoms with E-state index in [-0.39, 0.29) is 11.6 Å². The van der Waals surface area contributed by atoms with Crippen molar-refractivity contribution < 1.29 is 13.9 Å². The Morgan fingerprint density at radius 3 is 2.82 bits per heavy atom. The summed E-state index contributed by atoms with van der Waals surface area (Å²) in [5.74, 6) is -0.196.